The molecule has 1 nitrogen and oxygen atoms in total. The molecule has 0 fully saturated rings. The maximum Gasteiger partial charge on any atom is 0.416 e. The predicted octanol–water partition coefficient (Wildman–Crippen LogP) is 3.21. The molecule has 0 radical (unpaired) electrons. The summed E-state index contributed by atoms with van der Waals surface area (Å²) in [5, 5.41) is 3.82. The van der Waals surface area contributed by atoms with E-state index in [4.69, 9.17) is 0 Å². The lowest BCUT2D eigenvalue weighted by molar-refractivity contribution is -0.137. The fourth-order valence-electron chi connectivity index (χ4n) is 0.982. The third-order valence-corrected chi connectivity index (χ3v) is 1.62. The summed E-state index contributed by atoms with van der Waals surface area (Å²) in [6, 6.07) is 5.02. The molecule has 0 aliphatic rings. The van der Waals surface area contributed by atoms with E-state index in [0.717, 1.165) is 17.7 Å². The minimum absolute atomic E-state index is 0.456. The molecule has 4 heteroatoms. The molecule has 13 heavy (non-hydrogen) atoms. The minimum atomic E-state index is -4.25. The van der Waals surface area contributed by atoms with Gasteiger partial charge < -0.3 is 5.32 Å². The highest BCUT2D eigenvalue weighted by atomic mass is 19.4. The predicted molar refractivity (Wildman–Crippen MR) is 44.4 cm³/mol. The molecule has 1 aromatic carbocycles. The van der Waals surface area contributed by atoms with Gasteiger partial charge in [0.15, 0.2) is 0 Å². The van der Waals surface area contributed by atoms with Crippen LogP contribution >= 0.6 is 0 Å². The van der Waals surface area contributed by atoms with Gasteiger partial charge in [-0.15, -0.1) is 6.54 Å². The van der Waals surface area contributed by atoms with E-state index in [-0.39, 0.29) is 0 Å². The van der Waals surface area contributed by atoms with Crippen molar-refractivity contribution in [3.63, 3.8) is 0 Å². The van der Waals surface area contributed by atoms with E-state index in [1.54, 1.807) is 7.05 Å². The number of halogens is 3. The third-order valence-electron chi connectivity index (χ3n) is 1.62. The second-order valence-corrected chi connectivity index (χ2v) is 2.67. The smallest absolute Gasteiger partial charge is 0.416 e. The second kappa shape index (κ2) is 3.79. The molecule has 0 saturated heterocycles. The number of nitrogens with zero attached hydrogens (tertiary/aromatic N) is 1. The molecule has 0 heterocycles. The highest BCUT2D eigenvalue weighted by molar-refractivity contribution is 5.25. The number of rotatable bonds is 2. The number of hydrogen-bond acceptors (Lipinski definition) is 0. The van der Waals surface area contributed by atoms with E-state index in [0.29, 0.717) is 6.54 Å². The van der Waals surface area contributed by atoms with Gasteiger partial charge in [-0.1, -0.05) is 17.7 Å². The number of benzene rings is 1. The molecule has 0 bridgehead atoms. The largest absolute Gasteiger partial charge is 0.661 e. The first-order valence-electron chi connectivity index (χ1n) is 3.76. The Morgan fingerprint density at radius 1 is 1.15 bits per heavy atom. The summed E-state index contributed by atoms with van der Waals surface area (Å²) in [5.41, 5.74) is 0.169. The summed E-state index contributed by atoms with van der Waals surface area (Å²) >= 11 is 0. The zero-order chi connectivity index (χ0) is 9.90. The summed E-state index contributed by atoms with van der Waals surface area (Å²) in [7, 11) is 1.62. The molecule has 0 saturated carbocycles. The molecule has 0 atom stereocenters. The summed E-state index contributed by atoms with van der Waals surface area (Å²) in [5.74, 6) is 0. The van der Waals surface area contributed by atoms with Crippen LogP contribution < -0.4 is 0 Å². The zero-order valence-corrected chi connectivity index (χ0v) is 7.10. The molecule has 1 aromatic rings. The van der Waals surface area contributed by atoms with Crippen molar-refractivity contribution in [1.29, 1.82) is 0 Å². The maximum atomic E-state index is 12.1. The van der Waals surface area contributed by atoms with Gasteiger partial charge in [0.2, 0.25) is 0 Å². The monoisotopic (exact) mass is 188 g/mol. The van der Waals surface area contributed by atoms with E-state index in [2.05, 4.69) is 5.32 Å². The van der Waals surface area contributed by atoms with Gasteiger partial charge in [-0.25, -0.2) is 0 Å². The average Bonchev–Trinajstić information content (AvgIpc) is 2.04. The van der Waals surface area contributed by atoms with Gasteiger partial charge in [0.25, 0.3) is 0 Å². The topological polar surface area (TPSA) is 14.1 Å². The molecule has 0 aliphatic heterocycles. The normalized spacial score (nSPS) is 11.7. The first-order valence-corrected chi connectivity index (χ1v) is 3.76. The standard InChI is InChI=1S/C9H9F3N/c1-13-6-7-2-4-8(5-3-7)9(10,11)12/h2-5H,6H2,1H3/q-1. The molecule has 72 valence electrons. The Morgan fingerprint density at radius 3 is 2.08 bits per heavy atom. The van der Waals surface area contributed by atoms with E-state index < -0.39 is 11.7 Å². The van der Waals surface area contributed by atoms with Gasteiger partial charge in [0.1, 0.15) is 0 Å². The molecule has 1 rings (SSSR count). The van der Waals surface area contributed by atoms with Gasteiger partial charge in [0, 0.05) is 0 Å². The highest BCUT2D eigenvalue weighted by Crippen LogP contribution is 2.29. The minimum Gasteiger partial charge on any atom is -0.661 e. The van der Waals surface area contributed by atoms with E-state index >= 15 is 0 Å². The zero-order valence-electron chi connectivity index (χ0n) is 7.10. The SMILES string of the molecule is C[N-]Cc1ccc(C(F)(F)F)cc1. The van der Waals surface area contributed by atoms with Gasteiger partial charge in [-0.05, 0) is 12.1 Å². The van der Waals surface area contributed by atoms with E-state index in [1.807, 2.05) is 0 Å². The van der Waals surface area contributed by atoms with Crippen LogP contribution in [0.3, 0.4) is 0 Å². The highest BCUT2D eigenvalue weighted by Gasteiger charge is 2.29. The molecule has 0 amide bonds. The first-order chi connectivity index (χ1) is 6.04. The van der Waals surface area contributed by atoms with Crippen molar-refractivity contribution in [2.45, 2.75) is 12.7 Å². The average molecular weight is 188 g/mol. The number of alkyl halides is 3. The van der Waals surface area contributed by atoms with E-state index in [1.165, 1.54) is 12.1 Å². The van der Waals surface area contributed by atoms with Crippen LogP contribution in [0.15, 0.2) is 24.3 Å². The quantitative estimate of drug-likeness (QED) is 0.676. The van der Waals surface area contributed by atoms with Crippen LogP contribution in [-0.4, -0.2) is 7.05 Å². The molecule has 0 aromatic heterocycles. The molecular weight excluding hydrogens is 179 g/mol. The Hall–Kier alpha value is -1.03. The lowest BCUT2D eigenvalue weighted by Gasteiger charge is -2.12. The van der Waals surface area contributed by atoms with Crippen molar-refractivity contribution in [2.75, 3.05) is 7.05 Å². The lowest BCUT2D eigenvalue weighted by atomic mass is 10.1. The lowest BCUT2D eigenvalue weighted by Crippen LogP contribution is -2.04. The van der Waals surface area contributed by atoms with Crippen LogP contribution in [0.2, 0.25) is 0 Å². The second-order valence-electron chi connectivity index (χ2n) is 2.67. The summed E-state index contributed by atoms with van der Waals surface area (Å²) in [6.07, 6.45) is -4.25. The molecular formula is C9H9F3N-. The molecule has 0 unspecified atom stereocenters. The fourth-order valence-corrected chi connectivity index (χ4v) is 0.982. The van der Waals surface area contributed by atoms with Crippen molar-refractivity contribution in [3.05, 3.63) is 40.7 Å². The Labute approximate surface area is 74.6 Å². The van der Waals surface area contributed by atoms with Gasteiger partial charge >= 0.3 is 6.18 Å². The van der Waals surface area contributed by atoms with Gasteiger partial charge in [0.05, 0.1) is 5.56 Å². The van der Waals surface area contributed by atoms with Crippen molar-refractivity contribution in [1.82, 2.24) is 0 Å². The van der Waals surface area contributed by atoms with Crippen molar-refractivity contribution >= 4 is 0 Å². The van der Waals surface area contributed by atoms with Gasteiger partial charge in [-0.2, -0.15) is 20.2 Å². The molecule has 0 N–H and O–H groups in total. The Balaban J connectivity index is 2.81. The van der Waals surface area contributed by atoms with E-state index in [9.17, 15) is 13.2 Å². The Bertz CT molecular complexity index is 263. The van der Waals surface area contributed by atoms with Crippen LogP contribution in [0.25, 0.3) is 5.32 Å². The van der Waals surface area contributed by atoms with Crippen molar-refractivity contribution < 1.29 is 13.2 Å². The van der Waals surface area contributed by atoms with Crippen LogP contribution in [0.1, 0.15) is 11.1 Å². The summed E-state index contributed by atoms with van der Waals surface area (Å²) in [6.45, 7) is 0.456. The van der Waals surface area contributed by atoms with Crippen LogP contribution in [0.5, 0.6) is 0 Å². The van der Waals surface area contributed by atoms with Gasteiger partial charge in [-0.3, -0.25) is 0 Å². The van der Waals surface area contributed by atoms with Crippen LogP contribution in [-0.2, 0) is 12.7 Å². The maximum absolute atomic E-state index is 12.1. The fraction of sp³-hybridized carbons (Fsp3) is 0.333. The van der Waals surface area contributed by atoms with Crippen LogP contribution in [0, 0.1) is 0 Å². The third kappa shape index (κ3) is 2.73. The molecule has 0 aliphatic carbocycles. The van der Waals surface area contributed by atoms with Crippen molar-refractivity contribution in [3.8, 4) is 0 Å². The first kappa shape index (κ1) is 10.1. The number of hydrogen-bond donors (Lipinski definition) is 0. The van der Waals surface area contributed by atoms with Crippen LogP contribution in [0.4, 0.5) is 13.2 Å². The summed E-state index contributed by atoms with van der Waals surface area (Å²) in [4.78, 5) is 0. The molecule has 0 spiro atoms. The Kier molecular flexibility index (Phi) is 2.93. The Morgan fingerprint density at radius 2 is 1.69 bits per heavy atom. The van der Waals surface area contributed by atoms with Crippen molar-refractivity contribution in [2.24, 2.45) is 0 Å². The summed E-state index contributed by atoms with van der Waals surface area (Å²) < 4.78 is 36.2.